The summed E-state index contributed by atoms with van der Waals surface area (Å²) in [6.45, 7) is 0.470. The predicted octanol–water partition coefficient (Wildman–Crippen LogP) is 2.60. The highest BCUT2D eigenvalue weighted by atomic mass is 79.9. The van der Waals surface area contributed by atoms with Gasteiger partial charge in [-0.15, -0.1) is 0 Å². The van der Waals surface area contributed by atoms with Crippen LogP contribution >= 0.6 is 15.9 Å². The van der Waals surface area contributed by atoms with E-state index in [-0.39, 0.29) is 18.1 Å². The molecule has 1 unspecified atom stereocenters. The number of carbonyl (C=O) groups is 2. The second-order valence-electron chi connectivity index (χ2n) is 4.86. The van der Waals surface area contributed by atoms with E-state index < -0.39 is 12.0 Å². The lowest BCUT2D eigenvalue weighted by atomic mass is 10.0. The highest BCUT2D eigenvalue weighted by Gasteiger charge is 2.31. The summed E-state index contributed by atoms with van der Waals surface area (Å²) in [6, 6.07) is 3.64. The van der Waals surface area contributed by atoms with Gasteiger partial charge in [0.25, 0.3) is 0 Å². The number of hydrogen-bond donors (Lipinski definition) is 1. The fourth-order valence-electron chi connectivity index (χ4n) is 2.41. The van der Waals surface area contributed by atoms with E-state index in [2.05, 4.69) is 15.9 Å². The van der Waals surface area contributed by atoms with Gasteiger partial charge in [0, 0.05) is 6.54 Å². The van der Waals surface area contributed by atoms with Gasteiger partial charge in [-0.25, -0.2) is 9.18 Å². The Bertz CT molecular complexity index is 535. The zero-order valence-corrected chi connectivity index (χ0v) is 12.4. The summed E-state index contributed by atoms with van der Waals surface area (Å²) >= 11 is 3.07. The van der Waals surface area contributed by atoms with Crippen LogP contribution in [0.3, 0.4) is 0 Å². The van der Waals surface area contributed by atoms with E-state index in [1.807, 2.05) is 0 Å². The number of halogens is 2. The zero-order chi connectivity index (χ0) is 14.7. The summed E-state index contributed by atoms with van der Waals surface area (Å²) in [7, 11) is 0. The summed E-state index contributed by atoms with van der Waals surface area (Å²) in [4.78, 5) is 24.8. The number of nitrogens with zero attached hydrogens (tertiary/aromatic N) is 1. The van der Waals surface area contributed by atoms with Crippen LogP contribution in [0.15, 0.2) is 22.7 Å². The minimum Gasteiger partial charge on any atom is -0.480 e. The van der Waals surface area contributed by atoms with Crippen LogP contribution in [0, 0.1) is 5.82 Å². The van der Waals surface area contributed by atoms with E-state index in [1.54, 1.807) is 6.07 Å². The lowest BCUT2D eigenvalue weighted by Crippen LogP contribution is -2.48. The number of carboxylic acid groups (broad SMARTS) is 1. The molecule has 0 bridgehead atoms. The van der Waals surface area contributed by atoms with Crippen molar-refractivity contribution >= 4 is 27.8 Å². The lowest BCUT2D eigenvalue weighted by molar-refractivity contribution is -0.151. The number of carbonyl (C=O) groups excluding carboxylic acids is 1. The molecule has 1 N–H and O–H groups in total. The normalized spacial score (nSPS) is 18.9. The van der Waals surface area contributed by atoms with Gasteiger partial charge in [-0.05, 0) is 52.9 Å². The van der Waals surface area contributed by atoms with Gasteiger partial charge in [0.1, 0.15) is 11.9 Å². The van der Waals surface area contributed by atoms with Crippen molar-refractivity contribution < 1.29 is 19.1 Å². The van der Waals surface area contributed by atoms with Crippen molar-refractivity contribution in [1.29, 1.82) is 0 Å². The molecule has 20 heavy (non-hydrogen) atoms. The van der Waals surface area contributed by atoms with Crippen LogP contribution in [0.5, 0.6) is 0 Å². The molecule has 1 atom stereocenters. The van der Waals surface area contributed by atoms with Crippen molar-refractivity contribution in [2.75, 3.05) is 6.54 Å². The molecule has 1 aliphatic rings. The molecule has 0 aromatic heterocycles. The monoisotopic (exact) mass is 343 g/mol. The van der Waals surface area contributed by atoms with E-state index >= 15 is 0 Å². The quantitative estimate of drug-likeness (QED) is 0.917. The Hall–Kier alpha value is -1.43. The highest BCUT2D eigenvalue weighted by molar-refractivity contribution is 9.10. The highest BCUT2D eigenvalue weighted by Crippen LogP contribution is 2.21. The fourth-order valence-corrected chi connectivity index (χ4v) is 2.84. The van der Waals surface area contributed by atoms with E-state index in [9.17, 15) is 14.0 Å². The Labute approximate surface area is 124 Å². The van der Waals surface area contributed by atoms with E-state index in [1.165, 1.54) is 17.0 Å². The minimum atomic E-state index is -0.960. The number of piperidine rings is 1. The van der Waals surface area contributed by atoms with Crippen LogP contribution in [-0.4, -0.2) is 34.5 Å². The lowest BCUT2D eigenvalue weighted by Gasteiger charge is -2.33. The van der Waals surface area contributed by atoms with Crippen molar-refractivity contribution in [2.45, 2.75) is 31.7 Å². The molecular formula is C14H15BrFNO3. The predicted molar refractivity (Wildman–Crippen MR) is 74.8 cm³/mol. The molecule has 1 saturated heterocycles. The van der Waals surface area contributed by atoms with Gasteiger partial charge in [-0.2, -0.15) is 0 Å². The van der Waals surface area contributed by atoms with E-state index in [0.717, 1.165) is 12.8 Å². The molecule has 0 saturated carbocycles. The molecule has 1 aliphatic heterocycles. The Morgan fingerprint density at radius 1 is 1.40 bits per heavy atom. The molecule has 6 heteroatoms. The largest absolute Gasteiger partial charge is 0.480 e. The molecule has 0 radical (unpaired) electrons. The van der Waals surface area contributed by atoms with Crippen LogP contribution in [-0.2, 0) is 16.0 Å². The van der Waals surface area contributed by atoms with E-state index in [4.69, 9.17) is 5.11 Å². The Morgan fingerprint density at radius 2 is 2.15 bits per heavy atom. The second-order valence-corrected chi connectivity index (χ2v) is 5.72. The van der Waals surface area contributed by atoms with Gasteiger partial charge in [0.15, 0.2) is 0 Å². The molecule has 0 aliphatic carbocycles. The van der Waals surface area contributed by atoms with Crippen LogP contribution in [0.1, 0.15) is 24.8 Å². The number of rotatable bonds is 3. The van der Waals surface area contributed by atoms with Gasteiger partial charge >= 0.3 is 5.97 Å². The van der Waals surface area contributed by atoms with E-state index in [0.29, 0.717) is 23.0 Å². The van der Waals surface area contributed by atoms with Crippen LogP contribution in [0.2, 0.25) is 0 Å². The van der Waals surface area contributed by atoms with Crippen LogP contribution in [0.4, 0.5) is 4.39 Å². The number of aliphatic carboxylic acids is 1. The standard InChI is InChI=1S/C14H15BrFNO3/c15-10-7-9(4-5-11(10)16)8-13(18)17-6-2-1-3-12(17)14(19)20/h4-5,7,12H,1-3,6,8H2,(H,19,20). The molecule has 1 fully saturated rings. The molecule has 1 heterocycles. The molecule has 1 amide bonds. The first kappa shape index (κ1) is 15.0. The van der Waals surface area contributed by atoms with Gasteiger partial charge in [-0.1, -0.05) is 6.07 Å². The van der Waals surface area contributed by atoms with Crippen molar-refractivity contribution in [3.05, 3.63) is 34.1 Å². The summed E-state index contributed by atoms with van der Waals surface area (Å²) in [5, 5.41) is 9.15. The molecule has 0 spiro atoms. The third-order valence-corrected chi connectivity index (χ3v) is 4.06. The number of amides is 1. The molecule has 2 rings (SSSR count). The van der Waals surface area contributed by atoms with Gasteiger partial charge in [-0.3, -0.25) is 4.79 Å². The number of carboxylic acids is 1. The molecular weight excluding hydrogens is 329 g/mol. The Balaban J connectivity index is 2.09. The molecule has 1 aromatic carbocycles. The van der Waals surface area contributed by atoms with Crippen molar-refractivity contribution in [3.8, 4) is 0 Å². The smallest absolute Gasteiger partial charge is 0.326 e. The summed E-state index contributed by atoms with van der Waals surface area (Å²) in [5.74, 6) is -1.57. The first-order valence-corrected chi connectivity index (χ1v) is 7.24. The topological polar surface area (TPSA) is 57.6 Å². The Kier molecular flexibility index (Phi) is 4.75. The average Bonchev–Trinajstić information content (AvgIpc) is 2.43. The first-order chi connectivity index (χ1) is 9.49. The summed E-state index contributed by atoms with van der Waals surface area (Å²) in [5.41, 5.74) is 0.665. The fraction of sp³-hybridized carbons (Fsp3) is 0.429. The number of likely N-dealkylation sites (tertiary alicyclic amines) is 1. The van der Waals surface area contributed by atoms with Gasteiger partial charge in [0.05, 0.1) is 10.9 Å². The third kappa shape index (κ3) is 3.36. The SMILES string of the molecule is O=C(O)C1CCCCN1C(=O)Cc1ccc(F)c(Br)c1. The maximum absolute atomic E-state index is 13.1. The van der Waals surface area contributed by atoms with Gasteiger partial charge in [0.2, 0.25) is 5.91 Å². The minimum absolute atomic E-state index is 0.0860. The average molecular weight is 344 g/mol. The van der Waals surface area contributed by atoms with Crippen LogP contribution < -0.4 is 0 Å². The molecule has 1 aromatic rings. The number of hydrogen-bond acceptors (Lipinski definition) is 2. The third-order valence-electron chi connectivity index (χ3n) is 3.45. The van der Waals surface area contributed by atoms with Crippen molar-refractivity contribution in [3.63, 3.8) is 0 Å². The second kappa shape index (κ2) is 6.35. The molecule has 4 nitrogen and oxygen atoms in total. The summed E-state index contributed by atoms with van der Waals surface area (Å²) in [6.07, 6.45) is 2.22. The first-order valence-electron chi connectivity index (χ1n) is 6.45. The molecule has 108 valence electrons. The maximum Gasteiger partial charge on any atom is 0.326 e. The maximum atomic E-state index is 13.1. The number of benzene rings is 1. The Morgan fingerprint density at radius 3 is 2.80 bits per heavy atom. The van der Waals surface area contributed by atoms with Crippen molar-refractivity contribution in [1.82, 2.24) is 4.90 Å². The van der Waals surface area contributed by atoms with Gasteiger partial charge < -0.3 is 10.0 Å². The summed E-state index contributed by atoms with van der Waals surface area (Å²) < 4.78 is 13.4. The zero-order valence-electron chi connectivity index (χ0n) is 10.8. The van der Waals surface area contributed by atoms with Crippen LogP contribution in [0.25, 0.3) is 0 Å². The van der Waals surface area contributed by atoms with Crippen molar-refractivity contribution in [2.24, 2.45) is 0 Å².